The highest BCUT2D eigenvalue weighted by Gasteiger charge is 2.05. The largest absolute Gasteiger partial charge is 0.367 e. The Balaban J connectivity index is 2.22. The van der Waals surface area contributed by atoms with Crippen LogP contribution in [-0.2, 0) is 11.2 Å². The van der Waals surface area contributed by atoms with E-state index < -0.39 is 0 Å². The van der Waals surface area contributed by atoms with Gasteiger partial charge in [0.1, 0.15) is 10.8 Å². The maximum absolute atomic E-state index is 10.9. The van der Waals surface area contributed by atoms with Crippen LogP contribution >= 0.6 is 11.3 Å². The van der Waals surface area contributed by atoms with Crippen LogP contribution in [0.25, 0.3) is 11.3 Å². The van der Waals surface area contributed by atoms with Gasteiger partial charge in [-0.25, -0.2) is 4.98 Å². The van der Waals surface area contributed by atoms with E-state index in [4.69, 9.17) is 0 Å². The minimum Gasteiger partial charge on any atom is -0.367 e. The molecule has 4 heteroatoms. The molecular formula is C10H10N2OS. The second-order valence-electron chi connectivity index (χ2n) is 3.10. The second-order valence-corrected chi connectivity index (χ2v) is 4.05. The molecule has 14 heavy (non-hydrogen) atoms. The maximum atomic E-state index is 10.9. The van der Waals surface area contributed by atoms with Gasteiger partial charge in [0.25, 0.3) is 0 Å². The third-order valence-electron chi connectivity index (χ3n) is 1.85. The van der Waals surface area contributed by atoms with Crippen molar-refractivity contribution in [1.29, 1.82) is 0 Å². The molecule has 0 atom stereocenters. The molecule has 0 saturated heterocycles. The third kappa shape index (κ3) is 1.90. The summed E-state index contributed by atoms with van der Waals surface area (Å²) in [6.45, 7) is 1.58. The third-order valence-corrected chi connectivity index (χ3v) is 2.69. The van der Waals surface area contributed by atoms with E-state index in [9.17, 15) is 4.79 Å². The van der Waals surface area contributed by atoms with Crippen LogP contribution in [0.5, 0.6) is 0 Å². The van der Waals surface area contributed by atoms with Gasteiger partial charge < -0.3 is 4.98 Å². The number of nitrogens with zero attached hydrogens (tertiary/aromatic N) is 1. The lowest BCUT2D eigenvalue weighted by Crippen LogP contribution is -1.94. The van der Waals surface area contributed by atoms with Crippen molar-refractivity contribution in [3.63, 3.8) is 0 Å². The quantitative estimate of drug-likeness (QED) is 0.837. The van der Waals surface area contributed by atoms with Crippen LogP contribution in [0.1, 0.15) is 11.9 Å². The lowest BCUT2D eigenvalue weighted by Gasteiger charge is -1.89. The number of H-pyrrole nitrogens is 1. The van der Waals surface area contributed by atoms with E-state index in [0.717, 1.165) is 16.3 Å². The normalized spacial score (nSPS) is 10.4. The van der Waals surface area contributed by atoms with E-state index in [1.165, 1.54) is 11.3 Å². The summed E-state index contributed by atoms with van der Waals surface area (Å²) in [5.74, 6) is 0.153. The van der Waals surface area contributed by atoms with Crippen molar-refractivity contribution in [2.24, 2.45) is 0 Å². The Bertz CT molecular complexity index is 431. The van der Waals surface area contributed by atoms with Crippen LogP contribution in [0.2, 0.25) is 0 Å². The Morgan fingerprint density at radius 3 is 3.14 bits per heavy atom. The van der Waals surface area contributed by atoms with E-state index in [1.54, 1.807) is 6.92 Å². The minimum atomic E-state index is 0.153. The molecule has 1 N–H and O–H groups in total. The predicted molar refractivity (Wildman–Crippen MR) is 56.3 cm³/mol. The number of carbonyl (C=O) groups is 1. The van der Waals surface area contributed by atoms with Crippen LogP contribution in [0.15, 0.2) is 23.8 Å². The predicted octanol–water partition coefficient (Wildman–Crippen LogP) is 2.27. The molecule has 3 nitrogen and oxygen atoms in total. The molecule has 0 aliphatic carbocycles. The number of hydrogen-bond donors (Lipinski definition) is 1. The highest BCUT2D eigenvalue weighted by atomic mass is 32.1. The smallest absolute Gasteiger partial charge is 0.136 e. The second kappa shape index (κ2) is 3.75. The van der Waals surface area contributed by atoms with Crippen molar-refractivity contribution in [3.05, 3.63) is 28.8 Å². The Morgan fingerprint density at radius 1 is 1.64 bits per heavy atom. The average Bonchev–Trinajstić information content (AvgIpc) is 2.69. The summed E-state index contributed by atoms with van der Waals surface area (Å²) in [7, 11) is 0. The van der Waals surface area contributed by atoms with Crippen molar-refractivity contribution in [2.45, 2.75) is 13.3 Å². The monoisotopic (exact) mass is 206 g/mol. The van der Waals surface area contributed by atoms with Crippen molar-refractivity contribution in [2.75, 3.05) is 0 Å². The minimum absolute atomic E-state index is 0.153. The molecule has 0 aliphatic rings. The first-order chi connectivity index (χ1) is 6.75. The highest BCUT2D eigenvalue weighted by Crippen LogP contribution is 2.21. The number of hydrogen-bond acceptors (Lipinski definition) is 3. The van der Waals surface area contributed by atoms with Gasteiger partial charge in [0.05, 0.1) is 12.1 Å². The summed E-state index contributed by atoms with van der Waals surface area (Å²) in [6, 6.07) is 1.96. The summed E-state index contributed by atoms with van der Waals surface area (Å²) < 4.78 is 0. The van der Waals surface area contributed by atoms with Gasteiger partial charge in [-0.1, -0.05) is 0 Å². The Morgan fingerprint density at radius 2 is 2.50 bits per heavy atom. The van der Waals surface area contributed by atoms with Gasteiger partial charge in [0, 0.05) is 23.3 Å². The van der Waals surface area contributed by atoms with E-state index >= 15 is 0 Å². The highest BCUT2D eigenvalue weighted by molar-refractivity contribution is 7.10. The van der Waals surface area contributed by atoms with Gasteiger partial charge >= 0.3 is 0 Å². The number of ketones is 1. The van der Waals surface area contributed by atoms with Crippen molar-refractivity contribution >= 4 is 17.1 Å². The zero-order chi connectivity index (χ0) is 9.97. The number of thiazole rings is 1. The van der Waals surface area contributed by atoms with Gasteiger partial charge in [0.2, 0.25) is 0 Å². The molecule has 2 rings (SSSR count). The number of aromatic nitrogens is 2. The molecule has 2 heterocycles. The van der Waals surface area contributed by atoms with Crippen molar-refractivity contribution < 1.29 is 4.79 Å². The van der Waals surface area contributed by atoms with Gasteiger partial charge in [0.15, 0.2) is 0 Å². The molecule has 0 amide bonds. The molecule has 2 aromatic rings. The van der Waals surface area contributed by atoms with Crippen molar-refractivity contribution in [1.82, 2.24) is 9.97 Å². The number of Topliss-reactive ketones (excluding diaryl/α,β-unsaturated/α-hetero) is 1. The summed E-state index contributed by atoms with van der Waals surface area (Å²) in [5, 5.41) is 2.86. The number of rotatable bonds is 3. The summed E-state index contributed by atoms with van der Waals surface area (Å²) in [5.41, 5.74) is 2.00. The van der Waals surface area contributed by atoms with Crippen LogP contribution in [0.4, 0.5) is 0 Å². The van der Waals surface area contributed by atoms with E-state index in [-0.39, 0.29) is 5.78 Å². The first kappa shape index (κ1) is 9.15. The average molecular weight is 206 g/mol. The van der Waals surface area contributed by atoms with Gasteiger partial charge in [-0.3, -0.25) is 4.79 Å². The van der Waals surface area contributed by atoms with Crippen LogP contribution in [-0.4, -0.2) is 15.8 Å². The molecule has 2 aromatic heterocycles. The molecule has 0 radical (unpaired) electrons. The van der Waals surface area contributed by atoms with Crippen molar-refractivity contribution in [3.8, 4) is 11.3 Å². The fourth-order valence-electron chi connectivity index (χ4n) is 1.22. The van der Waals surface area contributed by atoms with E-state index in [0.29, 0.717) is 6.42 Å². The van der Waals surface area contributed by atoms with E-state index in [1.807, 2.05) is 23.8 Å². The van der Waals surface area contributed by atoms with Crippen LogP contribution in [0, 0.1) is 0 Å². The number of nitrogens with one attached hydrogen (secondary N) is 1. The zero-order valence-electron chi connectivity index (χ0n) is 7.78. The van der Waals surface area contributed by atoms with Crippen LogP contribution in [0.3, 0.4) is 0 Å². The Kier molecular flexibility index (Phi) is 2.45. The molecule has 0 unspecified atom stereocenters. The fourth-order valence-corrected chi connectivity index (χ4v) is 2.09. The lowest BCUT2D eigenvalue weighted by atomic mass is 10.3. The van der Waals surface area contributed by atoms with Gasteiger partial charge in [-0.15, -0.1) is 11.3 Å². The molecular weight excluding hydrogens is 196 g/mol. The summed E-state index contributed by atoms with van der Waals surface area (Å²) >= 11 is 1.53. The Hall–Kier alpha value is -1.42. The van der Waals surface area contributed by atoms with Crippen LogP contribution < -0.4 is 0 Å². The van der Waals surface area contributed by atoms with E-state index in [2.05, 4.69) is 9.97 Å². The van der Waals surface area contributed by atoms with Gasteiger partial charge in [-0.2, -0.15) is 0 Å². The topological polar surface area (TPSA) is 45.8 Å². The number of carbonyl (C=O) groups excluding carboxylic acids is 1. The zero-order valence-corrected chi connectivity index (χ0v) is 8.60. The molecule has 0 bridgehead atoms. The standard InChI is InChI=1S/C10H10N2OS/c1-7(13)4-10-12-9(6-14-10)8-2-3-11-5-8/h2-3,5-6,11H,4H2,1H3. The fraction of sp³-hybridized carbons (Fsp3) is 0.200. The molecule has 0 spiro atoms. The summed E-state index contributed by atoms with van der Waals surface area (Å²) in [6.07, 6.45) is 4.20. The molecule has 0 saturated carbocycles. The molecule has 0 aliphatic heterocycles. The molecule has 72 valence electrons. The molecule has 0 fully saturated rings. The number of aromatic amines is 1. The first-order valence-corrected chi connectivity index (χ1v) is 5.20. The SMILES string of the molecule is CC(=O)Cc1nc(-c2cc[nH]c2)cs1. The Labute approximate surface area is 85.8 Å². The maximum Gasteiger partial charge on any atom is 0.136 e. The first-order valence-electron chi connectivity index (χ1n) is 4.32. The molecule has 0 aromatic carbocycles. The summed E-state index contributed by atoms with van der Waals surface area (Å²) in [4.78, 5) is 18.2. The van der Waals surface area contributed by atoms with Gasteiger partial charge in [-0.05, 0) is 13.0 Å². The lowest BCUT2D eigenvalue weighted by molar-refractivity contribution is -0.116.